The first kappa shape index (κ1) is 14.2. The lowest BCUT2D eigenvalue weighted by atomic mass is 10.1. The summed E-state index contributed by atoms with van der Waals surface area (Å²) < 4.78 is 26.2. The first-order valence-corrected chi connectivity index (χ1v) is 8.44. The summed E-state index contributed by atoms with van der Waals surface area (Å²) in [6, 6.07) is 5.69. The molecule has 0 unspecified atom stereocenters. The molecule has 0 aliphatic rings. The Labute approximate surface area is 117 Å². The van der Waals surface area contributed by atoms with E-state index in [1.807, 2.05) is 29.0 Å². The van der Waals surface area contributed by atoms with Crippen molar-refractivity contribution in [1.82, 2.24) is 9.71 Å². The van der Waals surface area contributed by atoms with Crippen LogP contribution in [0.15, 0.2) is 35.2 Å². The first-order chi connectivity index (χ1) is 9.00. The highest BCUT2D eigenvalue weighted by Crippen LogP contribution is 2.23. The minimum absolute atomic E-state index is 0.263. The molecule has 0 saturated heterocycles. The van der Waals surface area contributed by atoms with Gasteiger partial charge < -0.3 is 0 Å². The van der Waals surface area contributed by atoms with E-state index in [1.54, 1.807) is 31.4 Å². The van der Waals surface area contributed by atoms with Crippen LogP contribution in [0.2, 0.25) is 0 Å². The number of rotatable bonds is 5. The smallest absolute Gasteiger partial charge is 0.214 e. The van der Waals surface area contributed by atoms with Crippen LogP contribution in [0.1, 0.15) is 19.4 Å². The number of nitrogens with zero attached hydrogens (tertiary/aromatic N) is 1. The van der Waals surface area contributed by atoms with Gasteiger partial charge in [-0.3, -0.25) is 4.98 Å². The van der Waals surface area contributed by atoms with Crippen molar-refractivity contribution in [3.8, 4) is 11.3 Å². The van der Waals surface area contributed by atoms with Crippen LogP contribution in [-0.2, 0) is 16.6 Å². The standard InChI is InChI=1S/C13H16N2O2S2/c1-10(2)19(16,17)15-8-11-4-3-6-14-13(11)12-5-7-18-9-12/h3-7,9-10,15H,8H2,1-2H3. The summed E-state index contributed by atoms with van der Waals surface area (Å²) in [4.78, 5) is 4.34. The van der Waals surface area contributed by atoms with Crippen LogP contribution in [0, 0.1) is 0 Å². The Hall–Kier alpha value is -1.24. The van der Waals surface area contributed by atoms with Gasteiger partial charge in [0.05, 0.1) is 10.9 Å². The number of hydrogen-bond acceptors (Lipinski definition) is 4. The van der Waals surface area contributed by atoms with Crippen molar-refractivity contribution in [2.45, 2.75) is 25.6 Å². The van der Waals surface area contributed by atoms with E-state index in [2.05, 4.69) is 9.71 Å². The lowest BCUT2D eigenvalue weighted by Gasteiger charge is -2.11. The normalized spacial score (nSPS) is 11.9. The van der Waals surface area contributed by atoms with Gasteiger partial charge in [-0.2, -0.15) is 11.3 Å². The maximum atomic E-state index is 11.8. The molecular formula is C13H16N2O2S2. The van der Waals surface area contributed by atoms with Gasteiger partial charge in [0.1, 0.15) is 0 Å². The molecule has 2 aromatic heterocycles. The van der Waals surface area contributed by atoms with Crippen molar-refractivity contribution in [3.05, 3.63) is 40.7 Å². The molecule has 0 aliphatic heterocycles. The monoisotopic (exact) mass is 296 g/mol. The van der Waals surface area contributed by atoms with Crippen molar-refractivity contribution in [2.75, 3.05) is 0 Å². The maximum absolute atomic E-state index is 11.8. The Morgan fingerprint density at radius 2 is 2.16 bits per heavy atom. The minimum atomic E-state index is -3.26. The highest BCUT2D eigenvalue weighted by atomic mass is 32.2. The second-order valence-electron chi connectivity index (χ2n) is 4.44. The number of thiophene rings is 1. The summed E-state index contributed by atoms with van der Waals surface area (Å²) in [6.07, 6.45) is 1.72. The van der Waals surface area contributed by atoms with Gasteiger partial charge in [0, 0.05) is 23.7 Å². The van der Waals surface area contributed by atoms with E-state index in [9.17, 15) is 8.42 Å². The number of pyridine rings is 1. The molecule has 102 valence electrons. The van der Waals surface area contributed by atoms with Crippen LogP contribution < -0.4 is 4.72 Å². The van der Waals surface area contributed by atoms with Crippen molar-refractivity contribution >= 4 is 21.4 Å². The number of hydrogen-bond donors (Lipinski definition) is 1. The molecule has 1 N–H and O–H groups in total. The molecule has 2 rings (SSSR count). The predicted molar refractivity (Wildman–Crippen MR) is 78.4 cm³/mol. The van der Waals surface area contributed by atoms with Gasteiger partial charge in [-0.05, 0) is 36.9 Å². The molecule has 0 aromatic carbocycles. The highest BCUT2D eigenvalue weighted by Gasteiger charge is 2.16. The van der Waals surface area contributed by atoms with E-state index in [0.29, 0.717) is 0 Å². The van der Waals surface area contributed by atoms with Gasteiger partial charge >= 0.3 is 0 Å². The maximum Gasteiger partial charge on any atom is 0.214 e. The second kappa shape index (κ2) is 5.81. The van der Waals surface area contributed by atoms with Crippen LogP contribution in [0.5, 0.6) is 0 Å². The Morgan fingerprint density at radius 3 is 2.79 bits per heavy atom. The van der Waals surface area contributed by atoms with Gasteiger partial charge in [0.2, 0.25) is 10.0 Å². The van der Waals surface area contributed by atoms with Crippen molar-refractivity contribution in [3.63, 3.8) is 0 Å². The van der Waals surface area contributed by atoms with E-state index in [-0.39, 0.29) is 6.54 Å². The van der Waals surface area contributed by atoms with E-state index in [0.717, 1.165) is 16.8 Å². The fourth-order valence-corrected chi connectivity index (χ4v) is 2.92. The van der Waals surface area contributed by atoms with E-state index < -0.39 is 15.3 Å². The summed E-state index contributed by atoms with van der Waals surface area (Å²) in [6.45, 7) is 3.58. The van der Waals surface area contributed by atoms with Crippen LogP contribution >= 0.6 is 11.3 Å². The molecule has 0 atom stereocenters. The Kier molecular flexibility index (Phi) is 4.34. The van der Waals surface area contributed by atoms with Crippen molar-refractivity contribution < 1.29 is 8.42 Å². The van der Waals surface area contributed by atoms with E-state index >= 15 is 0 Å². The summed E-state index contributed by atoms with van der Waals surface area (Å²) in [5.74, 6) is 0. The molecule has 4 nitrogen and oxygen atoms in total. The summed E-state index contributed by atoms with van der Waals surface area (Å²) in [5.41, 5.74) is 2.73. The largest absolute Gasteiger partial charge is 0.256 e. The lowest BCUT2D eigenvalue weighted by molar-refractivity contribution is 0.572. The fourth-order valence-electron chi connectivity index (χ4n) is 1.59. The fraction of sp³-hybridized carbons (Fsp3) is 0.308. The molecule has 0 spiro atoms. The molecule has 0 bridgehead atoms. The minimum Gasteiger partial charge on any atom is -0.256 e. The summed E-state index contributed by atoms with van der Waals surface area (Å²) >= 11 is 1.59. The average Bonchev–Trinajstić information content (AvgIpc) is 2.90. The second-order valence-corrected chi connectivity index (χ2v) is 7.54. The molecule has 0 aliphatic carbocycles. The molecular weight excluding hydrogens is 280 g/mol. The molecule has 6 heteroatoms. The van der Waals surface area contributed by atoms with Gasteiger partial charge in [-0.15, -0.1) is 0 Å². The number of aromatic nitrogens is 1. The molecule has 0 fully saturated rings. The van der Waals surface area contributed by atoms with E-state index in [1.165, 1.54) is 0 Å². The van der Waals surface area contributed by atoms with Crippen LogP contribution in [-0.4, -0.2) is 18.7 Å². The zero-order valence-electron chi connectivity index (χ0n) is 10.8. The number of nitrogens with one attached hydrogen (secondary N) is 1. The SMILES string of the molecule is CC(C)S(=O)(=O)NCc1cccnc1-c1ccsc1. The quantitative estimate of drug-likeness (QED) is 0.922. The number of sulfonamides is 1. The molecule has 0 radical (unpaired) electrons. The van der Waals surface area contributed by atoms with Gasteiger partial charge in [-0.25, -0.2) is 13.1 Å². The van der Waals surface area contributed by atoms with Gasteiger partial charge in [0.25, 0.3) is 0 Å². The topological polar surface area (TPSA) is 59.1 Å². The van der Waals surface area contributed by atoms with Crippen LogP contribution in [0.4, 0.5) is 0 Å². The zero-order valence-corrected chi connectivity index (χ0v) is 12.5. The van der Waals surface area contributed by atoms with Crippen LogP contribution in [0.25, 0.3) is 11.3 Å². The molecule has 2 heterocycles. The molecule has 2 aromatic rings. The van der Waals surface area contributed by atoms with Gasteiger partial charge in [0.15, 0.2) is 0 Å². The lowest BCUT2D eigenvalue weighted by Crippen LogP contribution is -2.30. The third kappa shape index (κ3) is 3.40. The van der Waals surface area contributed by atoms with E-state index in [4.69, 9.17) is 0 Å². The highest BCUT2D eigenvalue weighted by molar-refractivity contribution is 7.90. The predicted octanol–water partition coefficient (Wildman–Crippen LogP) is 2.64. The Balaban J connectivity index is 2.23. The molecule has 19 heavy (non-hydrogen) atoms. The molecule has 0 amide bonds. The van der Waals surface area contributed by atoms with Gasteiger partial charge in [-0.1, -0.05) is 6.07 Å². The average molecular weight is 296 g/mol. The summed E-state index contributed by atoms with van der Waals surface area (Å²) in [7, 11) is -3.26. The summed E-state index contributed by atoms with van der Waals surface area (Å²) in [5, 5.41) is 3.54. The third-order valence-corrected chi connectivity index (χ3v) is 5.24. The Morgan fingerprint density at radius 1 is 1.37 bits per heavy atom. The van der Waals surface area contributed by atoms with Crippen LogP contribution in [0.3, 0.4) is 0 Å². The Bertz CT molecular complexity index is 634. The van der Waals surface area contributed by atoms with Crippen molar-refractivity contribution in [1.29, 1.82) is 0 Å². The zero-order chi connectivity index (χ0) is 13.9. The first-order valence-electron chi connectivity index (χ1n) is 5.95. The van der Waals surface area contributed by atoms with Crippen molar-refractivity contribution in [2.24, 2.45) is 0 Å². The molecule has 0 saturated carbocycles. The third-order valence-electron chi connectivity index (χ3n) is 2.77.